The van der Waals surface area contributed by atoms with Crippen molar-refractivity contribution in [2.75, 3.05) is 24.5 Å². The predicted octanol–water partition coefficient (Wildman–Crippen LogP) is 2.73. The van der Waals surface area contributed by atoms with Crippen molar-refractivity contribution in [2.24, 2.45) is 0 Å². The Labute approximate surface area is 184 Å². The maximum absolute atomic E-state index is 12.4. The van der Waals surface area contributed by atoms with Crippen LogP contribution in [-0.2, 0) is 14.2 Å². The average molecular weight is 446 g/mol. The minimum Gasteiger partial charge on any atom is -0.431 e. The Morgan fingerprint density at radius 3 is 2.44 bits per heavy atom. The second-order valence-corrected chi connectivity index (χ2v) is 8.76. The van der Waals surface area contributed by atoms with Gasteiger partial charge in [-0.1, -0.05) is 5.16 Å². The number of carbonyl (C=O) groups is 2. The van der Waals surface area contributed by atoms with Crippen LogP contribution >= 0.6 is 0 Å². The number of likely N-dealkylation sites (tertiary alicyclic amines) is 1. The molecule has 1 amide bonds. The molecule has 2 aliphatic heterocycles. The summed E-state index contributed by atoms with van der Waals surface area (Å²) in [5.74, 6) is -0.310. The van der Waals surface area contributed by atoms with Gasteiger partial charge in [0.15, 0.2) is 12.1 Å². The predicted molar refractivity (Wildman–Crippen MR) is 112 cm³/mol. The molecule has 11 heteroatoms. The molecule has 0 radical (unpaired) electrons. The van der Waals surface area contributed by atoms with Crippen LogP contribution < -0.4 is 10.7 Å². The summed E-state index contributed by atoms with van der Waals surface area (Å²) >= 11 is 0. The van der Waals surface area contributed by atoms with Gasteiger partial charge in [0.1, 0.15) is 11.7 Å². The van der Waals surface area contributed by atoms with E-state index in [4.69, 9.17) is 14.2 Å². The van der Waals surface area contributed by atoms with Crippen LogP contribution in [0.3, 0.4) is 0 Å². The van der Waals surface area contributed by atoms with Crippen LogP contribution in [0.2, 0.25) is 0 Å². The van der Waals surface area contributed by atoms with E-state index in [0.29, 0.717) is 49.6 Å². The number of amides is 1. The fraction of sp³-hybridized carbons (Fsp3) is 0.524. The largest absolute Gasteiger partial charge is 0.509 e. The second kappa shape index (κ2) is 8.65. The fourth-order valence-corrected chi connectivity index (χ4v) is 3.69. The maximum atomic E-state index is 12.4. The van der Waals surface area contributed by atoms with E-state index in [1.54, 1.807) is 49.9 Å². The topological polar surface area (TPSA) is 127 Å². The maximum Gasteiger partial charge on any atom is 0.509 e. The molecule has 2 aromatic rings. The number of nitrogens with one attached hydrogen (secondary N) is 1. The number of piperidine rings is 1. The number of hydrogen-bond acceptors (Lipinski definition) is 9. The van der Waals surface area contributed by atoms with Crippen LogP contribution in [0.4, 0.5) is 15.3 Å². The molecule has 3 heterocycles. The van der Waals surface area contributed by atoms with E-state index in [9.17, 15) is 14.4 Å². The molecule has 2 saturated heterocycles. The smallest absolute Gasteiger partial charge is 0.431 e. The van der Waals surface area contributed by atoms with E-state index in [1.165, 1.54) is 0 Å². The Balaban J connectivity index is 1.30. The van der Waals surface area contributed by atoms with Crippen LogP contribution in [0.15, 0.2) is 33.6 Å². The zero-order valence-electron chi connectivity index (χ0n) is 18.2. The molecular formula is C21H26N4O7. The van der Waals surface area contributed by atoms with Crippen molar-refractivity contribution in [2.45, 2.75) is 51.5 Å². The van der Waals surface area contributed by atoms with Gasteiger partial charge in [-0.2, -0.15) is 0 Å². The number of cyclic esters (lactones) is 1. The molecule has 1 N–H and O–H groups in total. The van der Waals surface area contributed by atoms with Gasteiger partial charge in [-0.05, 0) is 57.9 Å². The molecule has 1 atom stereocenters. The van der Waals surface area contributed by atoms with Gasteiger partial charge in [-0.3, -0.25) is 19.3 Å². The number of anilines is 1. The van der Waals surface area contributed by atoms with Crippen LogP contribution in [0.1, 0.15) is 33.6 Å². The van der Waals surface area contributed by atoms with Gasteiger partial charge in [0, 0.05) is 24.3 Å². The molecule has 0 spiro atoms. The molecule has 0 saturated carbocycles. The molecule has 4 rings (SSSR count). The first-order valence-electron chi connectivity index (χ1n) is 10.5. The third-order valence-electron chi connectivity index (χ3n) is 5.22. The molecule has 32 heavy (non-hydrogen) atoms. The van der Waals surface area contributed by atoms with Crippen molar-refractivity contribution in [3.8, 4) is 11.4 Å². The number of aromatic nitrogens is 2. The standard InChI is InChI=1S/C21H26N4O7/c1-21(2,3)31-20(28)29-15-8-10-24(11-9-15)16-12-25(19(27)30-16)14-6-4-13(5-7-14)17-22-18(26)32-23-17/h4-7,15-16H,8-12H2,1-3H3,(H,22,23,26). The van der Waals surface area contributed by atoms with E-state index in [-0.39, 0.29) is 12.3 Å². The van der Waals surface area contributed by atoms with Gasteiger partial charge in [-0.25, -0.2) is 14.4 Å². The van der Waals surface area contributed by atoms with Gasteiger partial charge in [0.05, 0.1) is 6.54 Å². The third kappa shape index (κ3) is 5.10. The number of ether oxygens (including phenoxy) is 3. The second-order valence-electron chi connectivity index (χ2n) is 8.76. The molecule has 0 aliphatic carbocycles. The number of H-pyrrole nitrogens is 1. The zero-order valence-corrected chi connectivity index (χ0v) is 18.2. The molecule has 1 aromatic carbocycles. The van der Waals surface area contributed by atoms with Crippen molar-refractivity contribution < 1.29 is 28.3 Å². The monoisotopic (exact) mass is 446 g/mol. The summed E-state index contributed by atoms with van der Waals surface area (Å²) in [5.41, 5.74) is 0.745. The van der Waals surface area contributed by atoms with Crippen molar-refractivity contribution in [1.82, 2.24) is 15.0 Å². The number of carbonyl (C=O) groups excluding carboxylic acids is 2. The molecule has 1 unspecified atom stereocenters. The lowest BCUT2D eigenvalue weighted by Crippen LogP contribution is -2.45. The summed E-state index contributed by atoms with van der Waals surface area (Å²) < 4.78 is 20.7. The zero-order chi connectivity index (χ0) is 22.9. The summed E-state index contributed by atoms with van der Waals surface area (Å²) in [5, 5.41) is 3.65. The number of rotatable bonds is 4. The number of benzene rings is 1. The summed E-state index contributed by atoms with van der Waals surface area (Å²) in [4.78, 5) is 41.5. The Kier molecular flexibility index (Phi) is 5.92. The lowest BCUT2D eigenvalue weighted by molar-refractivity contribution is -0.0550. The van der Waals surface area contributed by atoms with Gasteiger partial charge in [0.25, 0.3) is 0 Å². The lowest BCUT2D eigenvalue weighted by Gasteiger charge is -2.34. The van der Waals surface area contributed by atoms with Crippen LogP contribution in [-0.4, -0.2) is 64.9 Å². The number of nitrogens with zero attached hydrogens (tertiary/aromatic N) is 3. The van der Waals surface area contributed by atoms with Gasteiger partial charge in [-0.15, -0.1) is 0 Å². The van der Waals surface area contributed by atoms with Crippen LogP contribution in [0.25, 0.3) is 11.4 Å². The van der Waals surface area contributed by atoms with Crippen molar-refractivity contribution in [3.63, 3.8) is 0 Å². The fourth-order valence-electron chi connectivity index (χ4n) is 3.69. The first-order valence-corrected chi connectivity index (χ1v) is 10.5. The highest BCUT2D eigenvalue weighted by Crippen LogP contribution is 2.27. The third-order valence-corrected chi connectivity index (χ3v) is 5.22. The molecule has 1 aromatic heterocycles. The highest BCUT2D eigenvalue weighted by molar-refractivity contribution is 5.90. The minimum atomic E-state index is -0.660. The molecule has 2 fully saturated rings. The van der Waals surface area contributed by atoms with Crippen LogP contribution in [0.5, 0.6) is 0 Å². The van der Waals surface area contributed by atoms with Crippen LogP contribution in [0, 0.1) is 0 Å². The normalized spacial score (nSPS) is 20.3. The summed E-state index contributed by atoms with van der Waals surface area (Å²) in [6.07, 6.45) is -0.408. The summed E-state index contributed by atoms with van der Waals surface area (Å²) in [6, 6.07) is 6.99. The quantitative estimate of drug-likeness (QED) is 0.705. The van der Waals surface area contributed by atoms with E-state index in [0.717, 1.165) is 0 Å². The molecule has 172 valence electrons. The van der Waals surface area contributed by atoms with Gasteiger partial charge in [0.2, 0.25) is 0 Å². The van der Waals surface area contributed by atoms with E-state index < -0.39 is 23.6 Å². The average Bonchev–Trinajstić information content (AvgIpc) is 3.33. The molecule has 0 bridgehead atoms. The Morgan fingerprint density at radius 2 is 1.84 bits per heavy atom. The highest BCUT2D eigenvalue weighted by Gasteiger charge is 2.38. The number of hydrogen-bond donors (Lipinski definition) is 1. The van der Waals surface area contributed by atoms with E-state index in [2.05, 4.69) is 19.6 Å². The van der Waals surface area contributed by atoms with Crippen molar-refractivity contribution in [1.29, 1.82) is 0 Å². The SMILES string of the molecule is CC(C)(C)OC(=O)OC1CCN(C2CN(c3ccc(-c4noc(=O)[nH]4)cc3)C(=O)O2)CC1. The van der Waals surface area contributed by atoms with E-state index in [1.807, 2.05) is 0 Å². The highest BCUT2D eigenvalue weighted by atomic mass is 16.7. The lowest BCUT2D eigenvalue weighted by atomic mass is 10.1. The summed E-state index contributed by atoms with van der Waals surface area (Å²) in [7, 11) is 0. The minimum absolute atomic E-state index is 0.218. The first-order chi connectivity index (χ1) is 15.2. The summed E-state index contributed by atoms with van der Waals surface area (Å²) in [6.45, 7) is 7.03. The Hall–Kier alpha value is -3.34. The van der Waals surface area contributed by atoms with Gasteiger partial charge >= 0.3 is 18.0 Å². The van der Waals surface area contributed by atoms with E-state index >= 15 is 0 Å². The molecule has 2 aliphatic rings. The molecule has 11 nitrogen and oxygen atoms in total. The first kappa shape index (κ1) is 21.9. The van der Waals surface area contributed by atoms with Crippen molar-refractivity contribution >= 4 is 17.9 Å². The van der Waals surface area contributed by atoms with Gasteiger partial charge < -0.3 is 14.2 Å². The molecular weight excluding hydrogens is 420 g/mol. The number of aromatic amines is 1. The van der Waals surface area contributed by atoms with Crippen molar-refractivity contribution in [3.05, 3.63) is 34.8 Å². The Bertz CT molecular complexity index is 1020. The Morgan fingerprint density at radius 1 is 1.16 bits per heavy atom.